The fourth-order valence-corrected chi connectivity index (χ4v) is 2.27. The van der Waals surface area contributed by atoms with Crippen LogP contribution < -0.4 is 10.6 Å². The molecule has 20 heavy (non-hydrogen) atoms. The van der Waals surface area contributed by atoms with Crippen molar-refractivity contribution in [1.29, 1.82) is 0 Å². The number of anilines is 1. The summed E-state index contributed by atoms with van der Waals surface area (Å²) in [5.41, 5.74) is 1.67. The zero-order valence-corrected chi connectivity index (χ0v) is 11.5. The molecule has 0 saturated carbocycles. The van der Waals surface area contributed by atoms with E-state index in [0.717, 1.165) is 17.7 Å². The first-order valence-electron chi connectivity index (χ1n) is 6.66. The van der Waals surface area contributed by atoms with E-state index in [1.54, 1.807) is 7.11 Å². The highest BCUT2D eigenvalue weighted by Gasteiger charge is 2.19. The van der Waals surface area contributed by atoms with E-state index in [9.17, 15) is 4.79 Å². The fraction of sp³-hybridized carbons (Fsp3) is 0.400. The molecule has 2 amide bonds. The Kier molecular flexibility index (Phi) is 5.15. The van der Waals surface area contributed by atoms with Crippen molar-refractivity contribution in [1.82, 2.24) is 5.32 Å². The minimum Gasteiger partial charge on any atom is -0.396 e. The number of hydrogen-bond acceptors (Lipinski definition) is 3. The Labute approximate surface area is 118 Å². The topological polar surface area (TPSA) is 70.6 Å². The molecule has 1 aromatic carbocycles. The highest BCUT2D eigenvalue weighted by Crippen LogP contribution is 2.18. The SMILES string of the molecule is COCc1ccccc1NC(=O)N[C@@H]1C=C[C@H](CO)C1. The van der Waals surface area contributed by atoms with Crippen LogP contribution in [0.1, 0.15) is 12.0 Å². The van der Waals surface area contributed by atoms with Crippen LogP contribution in [-0.4, -0.2) is 30.9 Å². The molecule has 108 valence electrons. The zero-order chi connectivity index (χ0) is 14.4. The van der Waals surface area contributed by atoms with Crippen molar-refractivity contribution < 1.29 is 14.6 Å². The standard InChI is InChI=1S/C15H20N2O3/c1-20-10-12-4-2-3-5-14(12)17-15(19)16-13-7-6-11(8-13)9-18/h2-7,11,13,18H,8-10H2,1H3,(H2,16,17,19)/t11-,13+/m0/s1. The molecule has 0 saturated heterocycles. The zero-order valence-electron chi connectivity index (χ0n) is 11.5. The van der Waals surface area contributed by atoms with E-state index in [1.807, 2.05) is 36.4 Å². The third-order valence-electron chi connectivity index (χ3n) is 3.29. The van der Waals surface area contributed by atoms with Gasteiger partial charge in [0.1, 0.15) is 0 Å². The normalized spacial score (nSPS) is 20.9. The van der Waals surface area contributed by atoms with E-state index in [2.05, 4.69) is 10.6 Å². The summed E-state index contributed by atoms with van der Waals surface area (Å²) in [6.45, 7) is 0.569. The number of carbonyl (C=O) groups excluding carboxylic acids is 1. The summed E-state index contributed by atoms with van der Waals surface area (Å²) in [5, 5.41) is 14.8. The highest BCUT2D eigenvalue weighted by atomic mass is 16.5. The van der Waals surface area contributed by atoms with Crippen molar-refractivity contribution in [2.75, 3.05) is 19.0 Å². The molecule has 2 atom stereocenters. The molecule has 0 unspecified atom stereocenters. The van der Waals surface area contributed by atoms with Gasteiger partial charge in [-0.25, -0.2) is 4.79 Å². The van der Waals surface area contributed by atoms with Crippen molar-refractivity contribution in [3.63, 3.8) is 0 Å². The number of carbonyl (C=O) groups is 1. The van der Waals surface area contributed by atoms with Crippen molar-refractivity contribution >= 4 is 11.7 Å². The summed E-state index contributed by atoms with van der Waals surface area (Å²) in [7, 11) is 1.62. The van der Waals surface area contributed by atoms with Gasteiger partial charge in [0.15, 0.2) is 0 Å². The van der Waals surface area contributed by atoms with Crippen LogP contribution in [0, 0.1) is 5.92 Å². The molecule has 5 heteroatoms. The van der Waals surface area contributed by atoms with Crippen LogP contribution in [0.25, 0.3) is 0 Å². The lowest BCUT2D eigenvalue weighted by Gasteiger charge is -2.15. The Balaban J connectivity index is 1.90. The monoisotopic (exact) mass is 276 g/mol. The van der Waals surface area contributed by atoms with E-state index in [4.69, 9.17) is 9.84 Å². The largest absolute Gasteiger partial charge is 0.396 e. The predicted molar refractivity (Wildman–Crippen MR) is 77.4 cm³/mol. The lowest BCUT2D eigenvalue weighted by atomic mass is 10.1. The second-order valence-electron chi connectivity index (χ2n) is 4.86. The lowest BCUT2D eigenvalue weighted by Crippen LogP contribution is -2.36. The third-order valence-corrected chi connectivity index (χ3v) is 3.29. The van der Waals surface area contributed by atoms with Crippen molar-refractivity contribution in [3.05, 3.63) is 42.0 Å². The molecule has 1 aromatic rings. The number of aliphatic hydroxyl groups excluding tert-OH is 1. The van der Waals surface area contributed by atoms with Gasteiger partial charge in [-0.3, -0.25) is 0 Å². The number of hydrogen-bond donors (Lipinski definition) is 3. The molecule has 1 aliphatic carbocycles. The van der Waals surface area contributed by atoms with Crippen LogP contribution in [0.4, 0.5) is 10.5 Å². The van der Waals surface area contributed by atoms with Gasteiger partial charge in [-0.15, -0.1) is 0 Å². The van der Waals surface area contributed by atoms with Gasteiger partial charge in [0.05, 0.1) is 6.61 Å². The molecule has 1 aliphatic rings. The van der Waals surface area contributed by atoms with Crippen LogP contribution in [0.15, 0.2) is 36.4 Å². The highest BCUT2D eigenvalue weighted by molar-refractivity contribution is 5.90. The van der Waals surface area contributed by atoms with Crippen LogP contribution in [0.5, 0.6) is 0 Å². The van der Waals surface area contributed by atoms with Crippen LogP contribution in [0.2, 0.25) is 0 Å². The van der Waals surface area contributed by atoms with Gasteiger partial charge in [0, 0.05) is 36.9 Å². The number of rotatable bonds is 5. The minimum atomic E-state index is -0.248. The molecule has 0 aliphatic heterocycles. The Morgan fingerprint density at radius 1 is 1.40 bits per heavy atom. The Morgan fingerprint density at radius 2 is 2.20 bits per heavy atom. The van der Waals surface area contributed by atoms with Gasteiger partial charge in [0.25, 0.3) is 0 Å². The quantitative estimate of drug-likeness (QED) is 0.719. The maximum atomic E-state index is 12.0. The smallest absolute Gasteiger partial charge is 0.319 e. The van der Waals surface area contributed by atoms with Gasteiger partial charge in [0.2, 0.25) is 0 Å². The van der Waals surface area contributed by atoms with Crippen LogP contribution >= 0.6 is 0 Å². The Morgan fingerprint density at radius 3 is 2.90 bits per heavy atom. The summed E-state index contributed by atoms with van der Waals surface area (Å²) in [4.78, 5) is 12.0. The van der Waals surface area contributed by atoms with E-state index >= 15 is 0 Å². The van der Waals surface area contributed by atoms with Gasteiger partial charge in [-0.05, 0) is 12.5 Å². The number of aliphatic hydroxyl groups is 1. The maximum Gasteiger partial charge on any atom is 0.319 e. The van der Waals surface area contributed by atoms with Crippen LogP contribution in [-0.2, 0) is 11.3 Å². The molecule has 3 N–H and O–H groups in total. The first-order chi connectivity index (χ1) is 9.72. The molecule has 0 fully saturated rings. The van der Waals surface area contributed by atoms with E-state index in [-0.39, 0.29) is 24.6 Å². The first-order valence-corrected chi connectivity index (χ1v) is 6.66. The number of urea groups is 1. The molecular weight excluding hydrogens is 256 g/mol. The second kappa shape index (κ2) is 7.07. The number of methoxy groups -OCH3 is 1. The molecule has 0 radical (unpaired) electrons. The Hall–Kier alpha value is -1.85. The lowest BCUT2D eigenvalue weighted by molar-refractivity contribution is 0.185. The summed E-state index contributed by atoms with van der Waals surface area (Å²) in [5.74, 6) is 0.140. The second-order valence-corrected chi connectivity index (χ2v) is 4.86. The van der Waals surface area contributed by atoms with Crippen molar-refractivity contribution in [2.24, 2.45) is 5.92 Å². The summed E-state index contributed by atoms with van der Waals surface area (Å²) >= 11 is 0. The molecule has 0 bridgehead atoms. The third kappa shape index (κ3) is 3.82. The minimum absolute atomic E-state index is 0.0262. The molecule has 0 aromatic heterocycles. The van der Waals surface area contributed by atoms with Crippen molar-refractivity contribution in [2.45, 2.75) is 19.1 Å². The number of amides is 2. The number of para-hydroxylation sites is 1. The molecule has 0 heterocycles. The average molecular weight is 276 g/mol. The first kappa shape index (κ1) is 14.6. The van der Waals surface area contributed by atoms with Gasteiger partial charge in [-0.2, -0.15) is 0 Å². The van der Waals surface area contributed by atoms with E-state index in [1.165, 1.54) is 0 Å². The number of ether oxygens (including phenoxy) is 1. The maximum absolute atomic E-state index is 12.0. The molecule has 5 nitrogen and oxygen atoms in total. The van der Waals surface area contributed by atoms with Crippen molar-refractivity contribution in [3.8, 4) is 0 Å². The number of nitrogens with one attached hydrogen (secondary N) is 2. The van der Waals surface area contributed by atoms with E-state index in [0.29, 0.717) is 6.61 Å². The Bertz CT molecular complexity index is 488. The summed E-state index contributed by atoms with van der Waals surface area (Å²) in [6.07, 6.45) is 4.59. The van der Waals surface area contributed by atoms with Gasteiger partial charge >= 0.3 is 6.03 Å². The molecule has 0 spiro atoms. The summed E-state index contributed by atoms with van der Waals surface area (Å²) < 4.78 is 5.10. The van der Waals surface area contributed by atoms with Gasteiger partial charge in [-0.1, -0.05) is 30.4 Å². The average Bonchev–Trinajstić information content (AvgIpc) is 2.89. The predicted octanol–water partition coefficient (Wildman–Crippen LogP) is 1.89. The van der Waals surface area contributed by atoms with E-state index < -0.39 is 0 Å². The molecular formula is C15H20N2O3. The molecule has 2 rings (SSSR count). The fourth-order valence-electron chi connectivity index (χ4n) is 2.27. The van der Waals surface area contributed by atoms with Gasteiger partial charge < -0.3 is 20.5 Å². The van der Waals surface area contributed by atoms with Crippen LogP contribution in [0.3, 0.4) is 0 Å². The number of benzene rings is 1. The summed E-state index contributed by atoms with van der Waals surface area (Å²) in [6, 6.07) is 7.25.